The summed E-state index contributed by atoms with van der Waals surface area (Å²) in [5, 5.41) is 3.07. The molecule has 3 rings (SSSR count). The Morgan fingerprint density at radius 3 is 2.67 bits per heavy atom. The predicted molar refractivity (Wildman–Crippen MR) is 133 cm³/mol. The van der Waals surface area contributed by atoms with Crippen LogP contribution in [0.2, 0.25) is 0 Å². The highest BCUT2D eigenvalue weighted by Gasteiger charge is 2.26. The number of nitrogens with one attached hydrogen (secondary N) is 2. The van der Waals surface area contributed by atoms with Gasteiger partial charge in [0.25, 0.3) is 5.91 Å². The Morgan fingerprint density at radius 1 is 1.30 bits per heavy atom. The maximum Gasteiger partial charge on any atom is 0.272 e. The van der Waals surface area contributed by atoms with Crippen molar-refractivity contribution in [3.05, 3.63) is 41.0 Å². The van der Waals surface area contributed by atoms with Gasteiger partial charge in [-0.1, -0.05) is 6.92 Å². The number of piperazine rings is 1. The molecule has 10 heteroatoms. The molecule has 0 radical (unpaired) electrons. The first-order valence-corrected chi connectivity index (χ1v) is 12.4. The standard InChI is InChI=1S/C23H37N7O2S/c1-6-8-21-27-17(3)22(29(21)25-4)23(31)26-16-18-15-19(9-10-20(18)32-7-2)33-28-11-13-30(5,24)14-12-28/h9-10,15,25H,6-8,11-14,16,24H2,1-5H3/p+1. The number of nitrogens with zero attached hydrogens (tertiary/aromatic N) is 4. The number of likely N-dealkylation sites (N-methyl/N-ethyl adjacent to an activating group) is 1. The van der Waals surface area contributed by atoms with Crippen LogP contribution in [0.25, 0.3) is 0 Å². The van der Waals surface area contributed by atoms with Crippen molar-refractivity contribution >= 4 is 17.9 Å². The number of aromatic nitrogens is 2. The molecule has 0 atom stereocenters. The molecule has 2 heterocycles. The predicted octanol–water partition coefficient (Wildman–Crippen LogP) is 2.29. The Labute approximate surface area is 201 Å². The molecule has 0 aliphatic carbocycles. The number of benzene rings is 1. The normalized spacial score (nSPS) is 15.9. The molecule has 0 spiro atoms. The van der Waals surface area contributed by atoms with Crippen LogP contribution in [0.4, 0.5) is 0 Å². The Balaban J connectivity index is 1.73. The minimum atomic E-state index is -0.159. The van der Waals surface area contributed by atoms with Gasteiger partial charge >= 0.3 is 0 Å². The van der Waals surface area contributed by atoms with Gasteiger partial charge in [0.2, 0.25) is 0 Å². The SMILES string of the molecule is CCCc1nc(C)c(C(=O)NCc2cc(SN3CC[N+](C)(N)CC3)ccc2OCC)n1NC. The van der Waals surface area contributed by atoms with E-state index in [-0.39, 0.29) is 5.91 Å². The van der Waals surface area contributed by atoms with E-state index in [9.17, 15) is 4.79 Å². The van der Waals surface area contributed by atoms with Crippen LogP contribution in [0.1, 0.15) is 47.8 Å². The molecule has 1 amide bonds. The highest BCUT2D eigenvalue weighted by Crippen LogP contribution is 2.29. The number of rotatable bonds is 10. The monoisotopic (exact) mass is 476 g/mol. The van der Waals surface area contributed by atoms with E-state index in [0.29, 0.717) is 23.4 Å². The van der Waals surface area contributed by atoms with Crippen molar-refractivity contribution in [1.29, 1.82) is 0 Å². The van der Waals surface area contributed by atoms with E-state index < -0.39 is 0 Å². The van der Waals surface area contributed by atoms with Crippen molar-refractivity contribution in [2.75, 3.05) is 52.3 Å². The van der Waals surface area contributed by atoms with Crippen LogP contribution in [0, 0.1) is 6.92 Å². The number of quaternary nitrogens is 1. The zero-order valence-corrected chi connectivity index (χ0v) is 21.3. The third kappa shape index (κ3) is 6.41. The summed E-state index contributed by atoms with van der Waals surface area (Å²) in [7, 11) is 3.87. The number of hydrogen-bond acceptors (Lipinski definition) is 7. The van der Waals surface area contributed by atoms with Gasteiger partial charge in [0.05, 0.1) is 32.4 Å². The molecular formula is C23H38N7O2S+. The number of hydrogen-bond donors (Lipinski definition) is 3. The highest BCUT2D eigenvalue weighted by molar-refractivity contribution is 7.97. The zero-order chi connectivity index (χ0) is 24.0. The smallest absolute Gasteiger partial charge is 0.272 e. The van der Waals surface area contributed by atoms with Crippen LogP contribution in [0.15, 0.2) is 23.1 Å². The molecule has 1 saturated heterocycles. The number of aryl methyl sites for hydroxylation is 2. The number of carbonyl (C=O) groups excluding carboxylic acids is 1. The minimum Gasteiger partial charge on any atom is -0.494 e. The average Bonchev–Trinajstić information content (AvgIpc) is 3.10. The van der Waals surface area contributed by atoms with E-state index >= 15 is 0 Å². The lowest BCUT2D eigenvalue weighted by Gasteiger charge is -2.37. The highest BCUT2D eigenvalue weighted by atomic mass is 32.2. The number of carbonyl (C=O) groups is 1. The van der Waals surface area contributed by atoms with Crippen LogP contribution in [-0.4, -0.2) is 71.3 Å². The number of imidazole rings is 1. The van der Waals surface area contributed by atoms with Gasteiger partial charge in [0.15, 0.2) is 0 Å². The second kappa shape index (κ2) is 11.2. The third-order valence-electron chi connectivity index (χ3n) is 5.76. The van der Waals surface area contributed by atoms with Gasteiger partial charge in [-0.15, -0.1) is 0 Å². The van der Waals surface area contributed by atoms with E-state index in [1.165, 1.54) is 0 Å². The van der Waals surface area contributed by atoms with Gasteiger partial charge in [-0.05, 0) is 50.4 Å². The first-order chi connectivity index (χ1) is 15.8. The van der Waals surface area contributed by atoms with Crippen molar-refractivity contribution in [3.63, 3.8) is 0 Å². The lowest BCUT2D eigenvalue weighted by molar-refractivity contribution is -0.924. The molecule has 1 aromatic carbocycles. The maximum absolute atomic E-state index is 13.1. The van der Waals surface area contributed by atoms with E-state index in [4.69, 9.17) is 10.6 Å². The summed E-state index contributed by atoms with van der Waals surface area (Å²) in [4.78, 5) is 18.8. The van der Waals surface area contributed by atoms with Gasteiger partial charge in [0.1, 0.15) is 30.4 Å². The molecule has 2 aromatic rings. The van der Waals surface area contributed by atoms with Crippen LogP contribution >= 0.6 is 11.9 Å². The number of amides is 1. The molecule has 9 nitrogen and oxygen atoms in total. The minimum absolute atomic E-state index is 0.159. The summed E-state index contributed by atoms with van der Waals surface area (Å²) in [5.41, 5.74) is 5.30. The Kier molecular flexibility index (Phi) is 8.63. The van der Waals surface area contributed by atoms with Crippen molar-refractivity contribution in [2.24, 2.45) is 5.84 Å². The van der Waals surface area contributed by atoms with Gasteiger partial charge in [0, 0.05) is 30.5 Å². The molecule has 1 aliphatic rings. The lowest BCUT2D eigenvalue weighted by Crippen LogP contribution is -2.60. The summed E-state index contributed by atoms with van der Waals surface area (Å²) in [6, 6.07) is 6.16. The van der Waals surface area contributed by atoms with E-state index in [1.807, 2.05) is 19.9 Å². The van der Waals surface area contributed by atoms with Crippen molar-refractivity contribution in [1.82, 2.24) is 19.3 Å². The maximum atomic E-state index is 13.1. The second-order valence-corrected chi connectivity index (χ2v) is 9.77. The second-order valence-electron chi connectivity index (χ2n) is 8.60. The fourth-order valence-electron chi connectivity index (χ4n) is 3.94. The molecule has 1 fully saturated rings. The van der Waals surface area contributed by atoms with Crippen molar-refractivity contribution in [2.45, 2.75) is 45.1 Å². The first-order valence-electron chi connectivity index (χ1n) is 11.6. The molecule has 33 heavy (non-hydrogen) atoms. The van der Waals surface area contributed by atoms with E-state index in [0.717, 1.165) is 66.7 Å². The van der Waals surface area contributed by atoms with Crippen LogP contribution in [-0.2, 0) is 13.0 Å². The molecule has 0 unspecified atom stereocenters. The summed E-state index contributed by atoms with van der Waals surface area (Å²) in [6.45, 7) is 10.6. The van der Waals surface area contributed by atoms with Gasteiger partial charge < -0.3 is 15.5 Å². The van der Waals surface area contributed by atoms with Crippen molar-refractivity contribution < 1.29 is 14.1 Å². The molecule has 4 N–H and O–H groups in total. The first kappa shape index (κ1) is 25.4. The third-order valence-corrected chi connectivity index (χ3v) is 6.85. The van der Waals surface area contributed by atoms with Gasteiger partial charge in [-0.25, -0.2) is 18.6 Å². The Morgan fingerprint density at radius 2 is 2.03 bits per heavy atom. The van der Waals surface area contributed by atoms with Crippen molar-refractivity contribution in [3.8, 4) is 5.75 Å². The lowest BCUT2D eigenvalue weighted by atomic mass is 10.2. The van der Waals surface area contributed by atoms with Crippen LogP contribution in [0.5, 0.6) is 5.75 Å². The van der Waals surface area contributed by atoms with Crippen LogP contribution < -0.4 is 21.3 Å². The number of ether oxygens (including phenoxy) is 1. The quantitative estimate of drug-likeness (QED) is 0.275. The summed E-state index contributed by atoms with van der Waals surface area (Å²) >= 11 is 1.73. The summed E-state index contributed by atoms with van der Waals surface area (Å²) in [6.07, 6.45) is 1.77. The molecule has 1 aliphatic heterocycles. The van der Waals surface area contributed by atoms with Crippen LogP contribution in [0.3, 0.4) is 0 Å². The Hall–Kier alpha value is -2.27. The topological polar surface area (TPSA) is 97.4 Å². The number of nitrogens with two attached hydrogens (primary N) is 1. The Bertz CT molecular complexity index is 951. The fourth-order valence-corrected chi connectivity index (χ4v) is 4.90. The molecule has 0 saturated carbocycles. The van der Waals surface area contributed by atoms with Gasteiger partial charge in [-0.2, -0.15) is 5.84 Å². The summed E-state index contributed by atoms with van der Waals surface area (Å²) in [5.74, 6) is 7.71. The van der Waals surface area contributed by atoms with E-state index in [2.05, 4.69) is 46.1 Å². The summed E-state index contributed by atoms with van der Waals surface area (Å²) < 4.78 is 10.5. The fraction of sp³-hybridized carbons (Fsp3) is 0.565. The largest absolute Gasteiger partial charge is 0.494 e. The molecule has 0 bridgehead atoms. The zero-order valence-electron chi connectivity index (χ0n) is 20.5. The molecule has 1 aromatic heterocycles. The van der Waals surface area contributed by atoms with Gasteiger partial charge in [-0.3, -0.25) is 4.79 Å². The molecule has 182 valence electrons. The molecular weight excluding hydrogens is 438 g/mol. The average molecular weight is 477 g/mol. The van der Waals surface area contributed by atoms with E-state index in [1.54, 1.807) is 23.7 Å².